The van der Waals surface area contributed by atoms with Crippen molar-refractivity contribution < 1.29 is 19.0 Å². The zero-order valence-corrected chi connectivity index (χ0v) is 18.4. The highest BCUT2D eigenvalue weighted by Crippen LogP contribution is 2.38. The molecule has 0 bridgehead atoms. The van der Waals surface area contributed by atoms with Crippen LogP contribution < -0.4 is 0 Å². The smallest absolute Gasteiger partial charge is 0.192 e. The van der Waals surface area contributed by atoms with E-state index in [1.807, 2.05) is 13.8 Å². The molecule has 0 amide bonds. The molecule has 0 saturated carbocycles. The fourth-order valence-corrected chi connectivity index (χ4v) is 3.84. The molecule has 0 spiro atoms. The molecule has 0 aliphatic carbocycles. The molecule has 4 nitrogen and oxygen atoms in total. The molecule has 0 heterocycles. The van der Waals surface area contributed by atoms with Crippen molar-refractivity contribution in [3.63, 3.8) is 0 Å². The summed E-state index contributed by atoms with van der Waals surface area (Å²) in [6, 6.07) is 0. The molecule has 0 rings (SSSR count). The summed E-state index contributed by atoms with van der Waals surface area (Å²) in [5, 5.41) is 9.68. The van der Waals surface area contributed by atoms with E-state index in [0.717, 1.165) is 12.8 Å². The molecule has 146 valence electrons. The van der Waals surface area contributed by atoms with Gasteiger partial charge in [0.05, 0.1) is 12.2 Å². The van der Waals surface area contributed by atoms with Gasteiger partial charge >= 0.3 is 0 Å². The van der Waals surface area contributed by atoms with Crippen LogP contribution in [0.3, 0.4) is 0 Å². The minimum atomic E-state index is -1.92. The van der Waals surface area contributed by atoms with Gasteiger partial charge in [-0.3, -0.25) is 0 Å². The summed E-state index contributed by atoms with van der Waals surface area (Å²) in [6.07, 6.45) is 4.70. The van der Waals surface area contributed by atoms with Crippen LogP contribution in [0.2, 0.25) is 18.1 Å². The minimum Gasteiger partial charge on any atom is -0.411 e. The Kier molecular flexibility index (Phi) is 11.7. The topological polar surface area (TPSA) is 47.9 Å². The lowest BCUT2D eigenvalue weighted by molar-refractivity contribution is -0.182. The Morgan fingerprint density at radius 1 is 1.00 bits per heavy atom. The average molecular weight is 363 g/mol. The van der Waals surface area contributed by atoms with Crippen LogP contribution in [0.5, 0.6) is 0 Å². The lowest BCUT2D eigenvalue weighted by Gasteiger charge is -2.41. The Hall–Kier alpha value is 0.0569. The molecule has 24 heavy (non-hydrogen) atoms. The maximum atomic E-state index is 9.54. The molecule has 0 aliphatic rings. The predicted molar refractivity (Wildman–Crippen MR) is 104 cm³/mol. The summed E-state index contributed by atoms with van der Waals surface area (Å²) in [7, 11) is -1.92. The second kappa shape index (κ2) is 11.6. The van der Waals surface area contributed by atoms with Crippen LogP contribution in [-0.2, 0) is 13.9 Å². The summed E-state index contributed by atoms with van der Waals surface area (Å²) in [5.41, 5.74) is 0. The van der Waals surface area contributed by atoms with E-state index in [-0.39, 0.29) is 30.1 Å². The average Bonchev–Trinajstić information content (AvgIpc) is 2.45. The molecule has 5 heteroatoms. The van der Waals surface area contributed by atoms with Gasteiger partial charge in [0.15, 0.2) is 14.6 Å². The van der Waals surface area contributed by atoms with Crippen molar-refractivity contribution in [3.8, 4) is 0 Å². The molecular formula is C19H42O4Si. The highest BCUT2D eigenvalue weighted by molar-refractivity contribution is 6.74. The molecule has 0 radical (unpaired) electrons. The van der Waals surface area contributed by atoms with Gasteiger partial charge in [-0.2, -0.15) is 0 Å². The number of hydrogen-bond donors (Lipinski definition) is 1. The maximum Gasteiger partial charge on any atom is 0.192 e. The van der Waals surface area contributed by atoms with Gasteiger partial charge in [-0.05, 0) is 44.8 Å². The fourth-order valence-electron chi connectivity index (χ4n) is 2.46. The first-order valence-electron chi connectivity index (χ1n) is 9.64. The van der Waals surface area contributed by atoms with Crippen molar-refractivity contribution in [2.45, 2.75) is 110 Å². The Balaban J connectivity index is 5.12. The van der Waals surface area contributed by atoms with E-state index >= 15 is 0 Å². The molecule has 0 saturated heterocycles. The van der Waals surface area contributed by atoms with Gasteiger partial charge in [0.1, 0.15) is 0 Å². The number of rotatable bonds is 13. The van der Waals surface area contributed by atoms with Crippen LogP contribution in [0, 0.1) is 0 Å². The SMILES string of the molecule is CCCCCC(OC(C)OCC)C(CCO)O[Si](C)(C)C(C)(C)C. The quantitative estimate of drug-likeness (QED) is 0.281. The van der Waals surface area contributed by atoms with Gasteiger partial charge in [-0.25, -0.2) is 0 Å². The normalized spacial score (nSPS) is 16.9. The van der Waals surface area contributed by atoms with E-state index in [2.05, 4.69) is 40.8 Å². The highest BCUT2D eigenvalue weighted by Gasteiger charge is 2.41. The van der Waals surface area contributed by atoms with Crippen molar-refractivity contribution in [2.75, 3.05) is 13.2 Å². The summed E-state index contributed by atoms with van der Waals surface area (Å²) >= 11 is 0. The van der Waals surface area contributed by atoms with Gasteiger partial charge < -0.3 is 19.0 Å². The van der Waals surface area contributed by atoms with Crippen LogP contribution in [0.1, 0.15) is 73.6 Å². The van der Waals surface area contributed by atoms with E-state index in [4.69, 9.17) is 13.9 Å². The molecule has 1 N–H and O–H groups in total. The third-order valence-electron chi connectivity index (χ3n) is 4.94. The van der Waals surface area contributed by atoms with Crippen molar-refractivity contribution >= 4 is 8.32 Å². The minimum absolute atomic E-state index is 0.0284. The monoisotopic (exact) mass is 362 g/mol. The third kappa shape index (κ3) is 8.95. The Bertz CT molecular complexity index is 315. The van der Waals surface area contributed by atoms with E-state index in [1.165, 1.54) is 12.8 Å². The number of aliphatic hydroxyl groups excluding tert-OH is 1. The van der Waals surface area contributed by atoms with E-state index in [1.54, 1.807) is 0 Å². The molecule has 0 fully saturated rings. The van der Waals surface area contributed by atoms with Crippen LogP contribution in [-0.4, -0.2) is 45.1 Å². The largest absolute Gasteiger partial charge is 0.411 e. The summed E-state index contributed by atoms with van der Waals surface area (Å²) in [5.74, 6) is 0. The zero-order valence-electron chi connectivity index (χ0n) is 17.4. The van der Waals surface area contributed by atoms with Crippen LogP contribution in [0.4, 0.5) is 0 Å². The van der Waals surface area contributed by atoms with Crippen molar-refractivity contribution in [1.29, 1.82) is 0 Å². The number of ether oxygens (including phenoxy) is 2. The molecular weight excluding hydrogens is 320 g/mol. The highest BCUT2D eigenvalue weighted by atomic mass is 28.4. The predicted octanol–water partition coefficient (Wildman–Crippen LogP) is 5.11. The summed E-state index contributed by atoms with van der Waals surface area (Å²) in [6.45, 7) is 18.1. The van der Waals surface area contributed by atoms with Crippen LogP contribution in [0.25, 0.3) is 0 Å². The molecule has 0 aliphatic heterocycles. The van der Waals surface area contributed by atoms with Gasteiger partial charge in [-0.15, -0.1) is 0 Å². The standard InChI is InChI=1S/C19H42O4Si/c1-9-11-12-13-17(22-16(3)21-10-2)18(14-15-20)23-24(7,8)19(4,5)6/h16-18,20H,9-15H2,1-8H3. The first-order valence-corrected chi connectivity index (χ1v) is 12.6. The maximum absolute atomic E-state index is 9.54. The molecule has 3 unspecified atom stereocenters. The van der Waals surface area contributed by atoms with Gasteiger partial charge in [-0.1, -0.05) is 47.0 Å². The van der Waals surface area contributed by atoms with Crippen molar-refractivity contribution in [1.82, 2.24) is 0 Å². The Morgan fingerprint density at radius 2 is 1.62 bits per heavy atom. The fraction of sp³-hybridized carbons (Fsp3) is 1.00. The Morgan fingerprint density at radius 3 is 2.08 bits per heavy atom. The van der Waals surface area contributed by atoms with Crippen LogP contribution >= 0.6 is 0 Å². The number of hydrogen-bond acceptors (Lipinski definition) is 4. The number of unbranched alkanes of at least 4 members (excludes halogenated alkanes) is 2. The van der Waals surface area contributed by atoms with Crippen LogP contribution in [0.15, 0.2) is 0 Å². The van der Waals surface area contributed by atoms with Crippen molar-refractivity contribution in [3.05, 3.63) is 0 Å². The molecule has 3 atom stereocenters. The van der Waals surface area contributed by atoms with E-state index in [0.29, 0.717) is 13.0 Å². The van der Waals surface area contributed by atoms with Gasteiger partial charge in [0, 0.05) is 13.2 Å². The first-order chi connectivity index (χ1) is 11.1. The molecule has 0 aromatic heterocycles. The first kappa shape index (κ1) is 24.1. The lowest BCUT2D eigenvalue weighted by atomic mass is 10.0. The second-order valence-corrected chi connectivity index (χ2v) is 12.9. The zero-order chi connectivity index (χ0) is 18.8. The number of aliphatic hydroxyl groups is 1. The van der Waals surface area contributed by atoms with Gasteiger partial charge in [0.2, 0.25) is 0 Å². The summed E-state index contributed by atoms with van der Waals surface area (Å²) < 4.78 is 18.4. The van der Waals surface area contributed by atoms with Gasteiger partial charge in [0.25, 0.3) is 0 Å². The molecule has 0 aromatic carbocycles. The van der Waals surface area contributed by atoms with Crippen molar-refractivity contribution in [2.24, 2.45) is 0 Å². The van der Waals surface area contributed by atoms with E-state index in [9.17, 15) is 5.11 Å². The molecule has 0 aromatic rings. The van der Waals surface area contributed by atoms with E-state index < -0.39 is 8.32 Å². The third-order valence-corrected chi connectivity index (χ3v) is 9.44. The summed E-state index contributed by atoms with van der Waals surface area (Å²) in [4.78, 5) is 0. The second-order valence-electron chi connectivity index (χ2n) is 8.12. The Labute approximate surface area is 151 Å². The lowest BCUT2D eigenvalue weighted by Crippen LogP contribution is -2.48.